The lowest BCUT2D eigenvalue weighted by Gasteiger charge is -2.00. The molecule has 0 saturated carbocycles. The predicted molar refractivity (Wildman–Crippen MR) is 56.5 cm³/mol. The van der Waals surface area contributed by atoms with E-state index < -0.39 is 0 Å². The van der Waals surface area contributed by atoms with Gasteiger partial charge in [0.1, 0.15) is 6.54 Å². The molecule has 0 aliphatic carbocycles. The van der Waals surface area contributed by atoms with E-state index in [1.165, 1.54) is 7.11 Å². The Morgan fingerprint density at radius 1 is 1.47 bits per heavy atom. The minimum atomic E-state index is -0.289. The lowest BCUT2D eigenvalue weighted by Crippen LogP contribution is -2.12. The summed E-state index contributed by atoms with van der Waals surface area (Å²) in [4.78, 5) is 11.2. The summed E-state index contributed by atoms with van der Waals surface area (Å²) in [5.74, 6) is -0.289. The highest BCUT2D eigenvalue weighted by Crippen LogP contribution is 2.17. The first-order valence-corrected chi connectivity index (χ1v) is 4.71. The molecule has 0 bridgehead atoms. The standard InChI is InChI=1S/C11H12N2O2/c1-8-9-5-3-4-6-10(9)13(12-8)7-11(14)15-2/h3-6H,7H2,1-2H3. The number of benzene rings is 1. The Hall–Kier alpha value is -1.84. The Morgan fingerprint density at radius 3 is 2.93 bits per heavy atom. The molecule has 1 aromatic heterocycles. The molecule has 0 aliphatic heterocycles. The SMILES string of the molecule is COC(=O)Cn1nc(C)c2ccccc21. The van der Waals surface area contributed by atoms with Gasteiger partial charge in [-0.05, 0) is 13.0 Å². The number of aryl methyl sites for hydroxylation is 1. The van der Waals surface area contributed by atoms with Crippen molar-refractivity contribution in [3.63, 3.8) is 0 Å². The first-order chi connectivity index (χ1) is 7.22. The number of carbonyl (C=O) groups excluding carboxylic acids is 1. The second-order valence-electron chi connectivity index (χ2n) is 3.34. The van der Waals surface area contributed by atoms with E-state index in [0.29, 0.717) is 0 Å². The highest BCUT2D eigenvalue weighted by atomic mass is 16.5. The first kappa shape index (κ1) is 9.71. The summed E-state index contributed by atoms with van der Waals surface area (Å²) in [6.07, 6.45) is 0. The van der Waals surface area contributed by atoms with Crippen LogP contribution in [0.2, 0.25) is 0 Å². The molecule has 2 aromatic rings. The molecular formula is C11H12N2O2. The predicted octanol–water partition coefficient (Wildman–Crippen LogP) is 1.52. The third kappa shape index (κ3) is 1.70. The molecule has 4 heteroatoms. The summed E-state index contributed by atoms with van der Waals surface area (Å²) in [5, 5.41) is 5.36. The third-order valence-electron chi connectivity index (χ3n) is 2.35. The van der Waals surface area contributed by atoms with Crippen molar-refractivity contribution in [3.05, 3.63) is 30.0 Å². The summed E-state index contributed by atoms with van der Waals surface area (Å²) in [7, 11) is 1.38. The number of methoxy groups -OCH3 is 1. The Kier molecular flexibility index (Phi) is 2.41. The van der Waals surface area contributed by atoms with Crippen molar-refractivity contribution in [1.29, 1.82) is 0 Å². The van der Waals surface area contributed by atoms with Gasteiger partial charge in [0, 0.05) is 5.39 Å². The van der Waals surface area contributed by atoms with Crippen LogP contribution in [0.3, 0.4) is 0 Å². The molecule has 1 heterocycles. The van der Waals surface area contributed by atoms with Crippen LogP contribution in [0.5, 0.6) is 0 Å². The van der Waals surface area contributed by atoms with E-state index in [2.05, 4.69) is 9.84 Å². The van der Waals surface area contributed by atoms with Gasteiger partial charge >= 0.3 is 5.97 Å². The summed E-state index contributed by atoms with van der Waals surface area (Å²) < 4.78 is 6.28. The van der Waals surface area contributed by atoms with Gasteiger partial charge in [-0.15, -0.1) is 0 Å². The van der Waals surface area contributed by atoms with Gasteiger partial charge in [-0.25, -0.2) is 0 Å². The van der Waals surface area contributed by atoms with E-state index in [1.54, 1.807) is 4.68 Å². The van der Waals surface area contributed by atoms with Crippen LogP contribution in [-0.4, -0.2) is 22.9 Å². The number of carbonyl (C=O) groups is 1. The van der Waals surface area contributed by atoms with E-state index in [0.717, 1.165) is 16.6 Å². The molecule has 0 fully saturated rings. The number of nitrogens with zero attached hydrogens (tertiary/aromatic N) is 2. The zero-order chi connectivity index (χ0) is 10.8. The quantitative estimate of drug-likeness (QED) is 0.696. The Morgan fingerprint density at radius 2 is 2.20 bits per heavy atom. The van der Waals surface area contributed by atoms with Crippen molar-refractivity contribution in [2.75, 3.05) is 7.11 Å². The van der Waals surface area contributed by atoms with Crippen LogP contribution < -0.4 is 0 Å². The zero-order valence-electron chi connectivity index (χ0n) is 8.73. The lowest BCUT2D eigenvalue weighted by atomic mass is 10.2. The summed E-state index contributed by atoms with van der Waals surface area (Å²) >= 11 is 0. The van der Waals surface area contributed by atoms with Crippen molar-refractivity contribution in [3.8, 4) is 0 Å². The van der Waals surface area contributed by atoms with Gasteiger partial charge in [0.2, 0.25) is 0 Å². The minimum Gasteiger partial charge on any atom is -0.468 e. The van der Waals surface area contributed by atoms with Crippen molar-refractivity contribution in [2.45, 2.75) is 13.5 Å². The molecule has 0 amide bonds. The molecule has 2 rings (SSSR count). The second-order valence-corrected chi connectivity index (χ2v) is 3.34. The Bertz CT molecular complexity index is 502. The van der Waals surface area contributed by atoms with Gasteiger partial charge in [0.05, 0.1) is 18.3 Å². The van der Waals surface area contributed by atoms with Crippen molar-refractivity contribution in [2.24, 2.45) is 0 Å². The normalized spacial score (nSPS) is 10.5. The average Bonchev–Trinajstić information content (AvgIpc) is 2.57. The fraction of sp³-hybridized carbons (Fsp3) is 0.273. The van der Waals surface area contributed by atoms with Gasteiger partial charge in [0.15, 0.2) is 0 Å². The number of esters is 1. The molecule has 15 heavy (non-hydrogen) atoms. The van der Waals surface area contributed by atoms with Crippen LogP contribution >= 0.6 is 0 Å². The lowest BCUT2D eigenvalue weighted by molar-refractivity contribution is -0.141. The summed E-state index contributed by atoms with van der Waals surface area (Å²) in [5.41, 5.74) is 1.88. The maximum absolute atomic E-state index is 11.2. The van der Waals surface area contributed by atoms with Crippen LogP contribution in [0, 0.1) is 6.92 Å². The zero-order valence-corrected chi connectivity index (χ0v) is 8.73. The van der Waals surface area contributed by atoms with Gasteiger partial charge in [-0.1, -0.05) is 18.2 Å². The topological polar surface area (TPSA) is 44.1 Å². The molecule has 0 radical (unpaired) electrons. The van der Waals surface area contributed by atoms with E-state index >= 15 is 0 Å². The second kappa shape index (κ2) is 3.73. The van der Waals surface area contributed by atoms with E-state index in [9.17, 15) is 4.79 Å². The van der Waals surface area contributed by atoms with E-state index in [4.69, 9.17) is 0 Å². The fourth-order valence-electron chi connectivity index (χ4n) is 1.60. The maximum Gasteiger partial charge on any atom is 0.327 e. The minimum absolute atomic E-state index is 0.158. The van der Waals surface area contributed by atoms with Crippen LogP contribution in [0.15, 0.2) is 24.3 Å². The number of aromatic nitrogens is 2. The highest BCUT2D eigenvalue weighted by molar-refractivity contribution is 5.83. The fourth-order valence-corrected chi connectivity index (χ4v) is 1.60. The molecule has 0 aliphatic rings. The maximum atomic E-state index is 11.2. The Labute approximate surface area is 87.5 Å². The molecule has 78 valence electrons. The molecular weight excluding hydrogens is 192 g/mol. The van der Waals surface area contributed by atoms with Crippen molar-refractivity contribution >= 4 is 16.9 Å². The largest absolute Gasteiger partial charge is 0.468 e. The number of hydrogen-bond acceptors (Lipinski definition) is 3. The van der Waals surface area contributed by atoms with Crippen molar-refractivity contribution in [1.82, 2.24) is 9.78 Å². The molecule has 4 nitrogen and oxygen atoms in total. The van der Waals surface area contributed by atoms with Gasteiger partial charge < -0.3 is 4.74 Å². The van der Waals surface area contributed by atoms with Crippen LogP contribution in [-0.2, 0) is 16.1 Å². The number of rotatable bonds is 2. The first-order valence-electron chi connectivity index (χ1n) is 4.71. The van der Waals surface area contributed by atoms with Crippen LogP contribution in [0.25, 0.3) is 10.9 Å². The number of fused-ring (bicyclic) bond motifs is 1. The van der Waals surface area contributed by atoms with Gasteiger partial charge in [0.25, 0.3) is 0 Å². The summed E-state index contributed by atoms with van der Waals surface area (Å²) in [6.45, 7) is 2.08. The monoisotopic (exact) mass is 204 g/mol. The third-order valence-corrected chi connectivity index (χ3v) is 2.35. The molecule has 0 atom stereocenters. The van der Waals surface area contributed by atoms with Gasteiger partial charge in [-0.3, -0.25) is 9.48 Å². The van der Waals surface area contributed by atoms with Crippen molar-refractivity contribution < 1.29 is 9.53 Å². The number of para-hydroxylation sites is 1. The molecule has 0 saturated heterocycles. The van der Waals surface area contributed by atoms with Crippen LogP contribution in [0.4, 0.5) is 0 Å². The molecule has 1 aromatic carbocycles. The summed E-state index contributed by atoms with van der Waals surface area (Å²) in [6, 6.07) is 7.82. The molecule has 0 spiro atoms. The van der Waals surface area contributed by atoms with E-state index in [1.807, 2.05) is 31.2 Å². The molecule has 0 unspecified atom stereocenters. The molecule has 0 N–H and O–H groups in total. The van der Waals surface area contributed by atoms with Gasteiger partial charge in [-0.2, -0.15) is 5.10 Å². The number of ether oxygens (including phenoxy) is 1. The van der Waals surface area contributed by atoms with E-state index in [-0.39, 0.29) is 12.5 Å². The Balaban J connectivity index is 2.48. The smallest absolute Gasteiger partial charge is 0.327 e. The average molecular weight is 204 g/mol. The highest BCUT2D eigenvalue weighted by Gasteiger charge is 2.09. The van der Waals surface area contributed by atoms with Crippen LogP contribution in [0.1, 0.15) is 5.69 Å². The number of hydrogen-bond donors (Lipinski definition) is 0.